The third-order valence-corrected chi connectivity index (χ3v) is 2.08. The second-order valence-corrected chi connectivity index (χ2v) is 4.01. The summed E-state index contributed by atoms with van der Waals surface area (Å²) in [7, 11) is 0. The van der Waals surface area contributed by atoms with Crippen molar-refractivity contribution in [3.05, 3.63) is 29.8 Å². The molecule has 2 N–H and O–H groups in total. The van der Waals surface area contributed by atoms with Gasteiger partial charge in [0, 0.05) is 6.20 Å². The SMILES string of the molecule is CC(C)(CN)Cc1ccncc1F. The van der Waals surface area contributed by atoms with Crippen molar-refractivity contribution in [2.75, 3.05) is 6.54 Å². The summed E-state index contributed by atoms with van der Waals surface area (Å²) in [5.41, 5.74) is 6.20. The van der Waals surface area contributed by atoms with Gasteiger partial charge in [-0.2, -0.15) is 0 Å². The summed E-state index contributed by atoms with van der Waals surface area (Å²) < 4.78 is 13.2. The van der Waals surface area contributed by atoms with Gasteiger partial charge in [0.2, 0.25) is 0 Å². The summed E-state index contributed by atoms with van der Waals surface area (Å²) in [6, 6.07) is 1.70. The quantitative estimate of drug-likeness (QED) is 0.773. The normalized spacial score (nSPS) is 11.7. The molecule has 0 fully saturated rings. The molecule has 3 heteroatoms. The molecule has 2 nitrogen and oxygen atoms in total. The largest absolute Gasteiger partial charge is 0.330 e. The second-order valence-electron chi connectivity index (χ2n) is 4.01. The summed E-state index contributed by atoms with van der Waals surface area (Å²) in [5, 5.41) is 0. The van der Waals surface area contributed by atoms with Gasteiger partial charge in [-0.05, 0) is 30.0 Å². The van der Waals surface area contributed by atoms with Crippen LogP contribution in [0, 0.1) is 11.2 Å². The lowest BCUT2D eigenvalue weighted by Gasteiger charge is -2.22. The molecule has 0 radical (unpaired) electrons. The molecule has 0 aromatic carbocycles. The van der Waals surface area contributed by atoms with Crippen molar-refractivity contribution in [2.24, 2.45) is 11.1 Å². The Kier molecular flexibility index (Phi) is 2.98. The molecule has 72 valence electrons. The van der Waals surface area contributed by atoms with Crippen molar-refractivity contribution in [1.82, 2.24) is 4.98 Å². The molecule has 0 aliphatic carbocycles. The van der Waals surface area contributed by atoms with Gasteiger partial charge in [0.25, 0.3) is 0 Å². The molecule has 0 atom stereocenters. The zero-order chi connectivity index (χ0) is 9.90. The Labute approximate surface area is 78.0 Å². The van der Waals surface area contributed by atoms with E-state index in [1.165, 1.54) is 6.20 Å². The number of halogens is 1. The maximum atomic E-state index is 13.2. The van der Waals surface area contributed by atoms with Gasteiger partial charge in [0.15, 0.2) is 0 Å². The summed E-state index contributed by atoms with van der Waals surface area (Å²) in [4.78, 5) is 3.69. The molecule has 1 rings (SSSR count). The molecule has 13 heavy (non-hydrogen) atoms. The van der Waals surface area contributed by atoms with Crippen molar-refractivity contribution < 1.29 is 4.39 Å². The van der Waals surface area contributed by atoms with Gasteiger partial charge in [0.1, 0.15) is 5.82 Å². The number of aromatic nitrogens is 1. The minimum atomic E-state index is -0.246. The fourth-order valence-electron chi connectivity index (χ4n) is 1.14. The third kappa shape index (κ3) is 2.77. The van der Waals surface area contributed by atoms with Crippen LogP contribution in [0.3, 0.4) is 0 Å². The third-order valence-electron chi connectivity index (χ3n) is 2.08. The Morgan fingerprint density at radius 3 is 2.77 bits per heavy atom. The molecule has 0 aliphatic heterocycles. The van der Waals surface area contributed by atoms with E-state index < -0.39 is 0 Å². The molecule has 0 amide bonds. The molecule has 1 aromatic rings. The molecule has 1 aromatic heterocycles. The van der Waals surface area contributed by atoms with Crippen molar-refractivity contribution in [3.8, 4) is 0 Å². The fourth-order valence-corrected chi connectivity index (χ4v) is 1.14. The Hall–Kier alpha value is -0.960. The Morgan fingerprint density at radius 2 is 2.23 bits per heavy atom. The van der Waals surface area contributed by atoms with Crippen LogP contribution in [0.15, 0.2) is 18.5 Å². The van der Waals surface area contributed by atoms with Gasteiger partial charge in [-0.25, -0.2) is 4.39 Å². The molecular weight excluding hydrogens is 167 g/mol. The van der Waals surface area contributed by atoms with E-state index >= 15 is 0 Å². The topological polar surface area (TPSA) is 38.9 Å². The van der Waals surface area contributed by atoms with Crippen LogP contribution >= 0.6 is 0 Å². The average Bonchev–Trinajstić information content (AvgIpc) is 2.09. The highest BCUT2D eigenvalue weighted by molar-refractivity contribution is 5.14. The van der Waals surface area contributed by atoms with E-state index in [0.29, 0.717) is 18.5 Å². The molecule has 0 spiro atoms. The minimum Gasteiger partial charge on any atom is -0.330 e. The van der Waals surface area contributed by atoms with Crippen LogP contribution in [0.4, 0.5) is 4.39 Å². The van der Waals surface area contributed by atoms with Gasteiger partial charge in [-0.1, -0.05) is 13.8 Å². The highest BCUT2D eigenvalue weighted by Gasteiger charge is 2.17. The van der Waals surface area contributed by atoms with Crippen LogP contribution in [0.5, 0.6) is 0 Å². The number of nitrogens with zero attached hydrogens (tertiary/aromatic N) is 1. The zero-order valence-corrected chi connectivity index (χ0v) is 8.05. The number of rotatable bonds is 3. The van der Waals surface area contributed by atoms with E-state index in [1.54, 1.807) is 12.3 Å². The van der Waals surface area contributed by atoms with Crippen LogP contribution in [0.1, 0.15) is 19.4 Å². The Morgan fingerprint density at radius 1 is 1.54 bits per heavy atom. The predicted octanol–water partition coefficient (Wildman–Crippen LogP) is 1.75. The first-order valence-corrected chi connectivity index (χ1v) is 4.33. The minimum absolute atomic E-state index is 0.0534. The molecule has 0 aliphatic rings. The van der Waals surface area contributed by atoms with Gasteiger partial charge in [-0.15, -0.1) is 0 Å². The van der Waals surface area contributed by atoms with Crippen molar-refractivity contribution in [1.29, 1.82) is 0 Å². The van der Waals surface area contributed by atoms with Crippen molar-refractivity contribution in [3.63, 3.8) is 0 Å². The Bertz CT molecular complexity index is 284. The van der Waals surface area contributed by atoms with E-state index in [9.17, 15) is 4.39 Å². The number of hydrogen-bond donors (Lipinski definition) is 1. The fraction of sp³-hybridized carbons (Fsp3) is 0.500. The summed E-state index contributed by atoms with van der Waals surface area (Å²) in [5.74, 6) is -0.246. The zero-order valence-electron chi connectivity index (χ0n) is 8.05. The standard InChI is InChI=1S/C10H15FN2/c1-10(2,7-12)5-8-3-4-13-6-9(8)11/h3-4,6H,5,7,12H2,1-2H3. The lowest BCUT2D eigenvalue weighted by atomic mass is 9.86. The molecule has 0 bridgehead atoms. The van der Waals surface area contributed by atoms with Crippen molar-refractivity contribution >= 4 is 0 Å². The van der Waals surface area contributed by atoms with Crippen LogP contribution in [-0.2, 0) is 6.42 Å². The van der Waals surface area contributed by atoms with Crippen LogP contribution in [0.25, 0.3) is 0 Å². The van der Waals surface area contributed by atoms with Crippen LogP contribution in [-0.4, -0.2) is 11.5 Å². The number of hydrogen-bond acceptors (Lipinski definition) is 2. The molecular formula is C10H15FN2. The first-order chi connectivity index (χ1) is 6.05. The summed E-state index contributed by atoms with van der Waals surface area (Å²) in [6.45, 7) is 4.59. The lowest BCUT2D eigenvalue weighted by Crippen LogP contribution is -2.26. The van der Waals surface area contributed by atoms with Crippen LogP contribution in [0.2, 0.25) is 0 Å². The first-order valence-electron chi connectivity index (χ1n) is 4.33. The predicted molar refractivity (Wildman–Crippen MR) is 50.7 cm³/mol. The highest BCUT2D eigenvalue weighted by Crippen LogP contribution is 2.21. The molecule has 0 saturated carbocycles. The monoisotopic (exact) mass is 182 g/mol. The average molecular weight is 182 g/mol. The number of nitrogens with two attached hydrogens (primary N) is 1. The smallest absolute Gasteiger partial charge is 0.144 e. The van der Waals surface area contributed by atoms with Crippen molar-refractivity contribution in [2.45, 2.75) is 20.3 Å². The Balaban J connectivity index is 2.80. The van der Waals surface area contributed by atoms with Gasteiger partial charge < -0.3 is 5.73 Å². The maximum absolute atomic E-state index is 13.2. The maximum Gasteiger partial charge on any atom is 0.144 e. The summed E-state index contributed by atoms with van der Waals surface area (Å²) >= 11 is 0. The molecule has 1 heterocycles. The highest BCUT2D eigenvalue weighted by atomic mass is 19.1. The van der Waals surface area contributed by atoms with E-state index in [1.807, 2.05) is 13.8 Å². The van der Waals surface area contributed by atoms with Gasteiger partial charge >= 0.3 is 0 Å². The van der Waals surface area contributed by atoms with E-state index in [-0.39, 0.29) is 11.2 Å². The van der Waals surface area contributed by atoms with Gasteiger partial charge in [0.05, 0.1) is 6.20 Å². The molecule has 0 unspecified atom stereocenters. The second kappa shape index (κ2) is 3.83. The van der Waals surface area contributed by atoms with Crippen LogP contribution < -0.4 is 5.73 Å². The van der Waals surface area contributed by atoms with E-state index in [0.717, 1.165) is 0 Å². The summed E-state index contributed by atoms with van der Waals surface area (Å²) in [6.07, 6.45) is 3.49. The number of pyridine rings is 1. The van der Waals surface area contributed by atoms with Gasteiger partial charge in [-0.3, -0.25) is 4.98 Å². The van der Waals surface area contributed by atoms with E-state index in [2.05, 4.69) is 4.98 Å². The van der Waals surface area contributed by atoms with E-state index in [4.69, 9.17) is 5.73 Å². The lowest BCUT2D eigenvalue weighted by molar-refractivity contribution is 0.369. The molecule has 0 saturated heterocycles. The first kappa shape index (κ1) is 10.1.